The van der Waals surface area contributed by atoms with Crippen LogP contribution in [0.1, 0.15) is 31.7 Å². The predicted molar refractivity (Wildman–Crippen MR) is 74.4 cm³/mol. The van der Waals surface area contributed by atoms with E-state index < -0.39 is 5.78 Å². The molecule has 0 bridgehead atoms. The Morgan fingerprint density at radius 1 is 1.40 bits per heavy atom. The normalized spacial score (nSPS) is 18.2. The number of allylic oxidation sites excluding steroid dienone is 1. The Bertz CT molecular complexity index is 540. The number of hydrogen-bond acceptors (Lipinski definition) is 4. The fourth-order valence-corrected chi connectivity index (χ4v) is 2.48. The number of hydrogen-bond donors (Lipinski definition) is 1. The largest absolute Gasteiger partial charge is 0.508 e. The molecule has 0 saturated carbocycles. The highest BCUT2D eigenvalue weighted by molar-refractivity contribution is 6.32. The van der Waals surface area contributed by atoms with Crippen LogP contribution < -0.4 is 0 Å². The first-order valence-corrected chi connectivity index (χ1v) is 6.67. The number of rotatable bonds is 5. The van der Waals surface area contributed by atoms with E-state index in [0.29, 0.717) is 25.2 Å². The maximum atomic E-state index is 11.6. The van der Waals surface area contributed by atoms with Crippen molar-refractivity contribution in [2.75, 3.05) is 6.61 Å². The summed E-state index contributed by atoms with van der Waals surface area (Å²) in [6.07, 6.45) is 1.01. The number of carbonyl (C=O) groups is 2. The number of phenols is 1. The summed E-state index contributed by atoms with van der Waals surface area (Å²) in [7, 11) is 0. The molecule has 0 fully saturated rings. The molecule has 1 atom stereocenters. The lowest BCUT2D eigenvalue weighted by Crippen LogP contribution is -2.08. The summed E-state index contributed by atoms with van der Waals surface area (Å²) < 4.78 is 5.45. The molecule has 0 saturated heterocycles. The van der Waals surface area contributed by atoms with Crippen LogP contribution in [-0.4, -0.2) is 23.8 Å². The van der Waals surface area contributed by atoms with Gasteiger partial charge in [0.1, 0.15) is 5.75 Å². The highest BCUT2D eigenvalue weighted by Gasteiger charge is 2.32. The van der Waals surface area contributed by atoms with Crippen LogP contribution in [0.25, 0.3) is 0 Å². The molecule has 0 amide bonds. The van der Waals surface area contributed by atoms with Gasteiger partial charge in [-0.1, -0.05) is 26.0 Å². The van der Waals surface area contributed by atoms with Crippen molar-refractivity contribution in [2.45, 2.75) is 26.2 Å². The fourth-order valence-electron chi connectivity index (χ4n) is 2.48. The average Bonchev–Trinajstić information content (AvgIpc) is 2.81. The molecule has 1 unspecified atom stereocenters. The minimum atomic E-state index is -0.595. The van der Waals surface area contributed by atoms with Gasteiger partial charge in [0.25, 0.3) is 5.78 Å². The third-order valence-corrected chi connectivity index (χ3v) is 3.36. The highest BCUT2D eigenvalue weighted by atomic mass is 16.5. The van der Waals surface area contributed by atoms with E-state index in [-0.39, 0.29) is 17.4 Å². The second-order valence-corrected chi connectivity index (χ2v) is 5.39. The van der Waals surface area contributed by atoms with Crippen molar-refractivity contribution in [2.24, 2.45) is 5.92 Å². The third kappa shape index (κ3) is 2.90. The van der Waals surface area contributed by atoms with Gasteiger partial charge in [-0.2, -0.15) is 0 Å². The molecule has 0 aliphatic carbocycles. The lowest BCUT2D eigenvalue weighted by atomic mass is 9.87. The van der Waals surface area contributed by atoms with Gasteiger partial charge in [0, 0.05) is 5.92 Å². The third-order valence-electron chi connectivity index (χ3n) is 3.36. The van der Waals surface area contributed by atoms with Crippen LogP contribution in [0.4, 0.5) is 0 Å². The Balaban J connectivity index is 2.37. The number of Topliss-reactive ketones (excluding diaryl/α,β-unsaturated/α-hetero) is 1. The van der Waals surface area contributed by atoms with Gasteiger partial charge in [-0.05, 0) is 35.6 Å². The van der Waals surface area contributed by atoms with Gasteiger partial charge < -0.3 is 9.84 Å². The van der Waals surface area contributed by atoms with Gasteiger partial charge in [0.2, 0.25) is 0 Å². The second kappa shape index (κ2) is 5.90. The Labute approximate surface area is 118 Å². The van der Waals surface area contributed by atoms with Crippen LogP contribution in [0.2, 0.25) is 0 Å². The van der Waals surface area contributed by atoms with Crippen LogP contribution in [0.15, 0.2) is 35.6 Å². The van der Waals surface area contributed by atoms with E-state index in [1.165, 1.54) is 0 Å². The van der Waals surface area contributed by atoms with Gasteiger partial charge in [-0.15, -0.1) is 0 Å². The van der Waals surface area contributed by atoms with E-state index >= 15 is 0 Å². The SMILES string of the molecule is CC(C)CC1=C(C(=O)C=O)OCC1c1ccc(O)cc1. The number of phenolic OH excluding ortho intramolecular Hbond substituents is 1. The summed E-state index contributed by atoms with van der Waals surface area (Å²) in [6.45, 7) is 4.48. The average molecular weight is 274 g/mol. The Morgan fingerprint density at radius 2 is 2.05 bits per heavy atom. The van der Waals surface area contributed by atoms with Crippen LogP contribution in [-0.2, 0) is 14.3 Å². The zero-order chi connectivity index (χ0) is 14.7. The van der Waals surface area contributed by atoms with Crippen molar-refractivity contribution in [3.05, 3.63) is 41.2 Å². The van der Waals surface area contributed by atoms with E-state index in [1.807, 2.05) is 12.1 Å². The topological polar surface area (TPSA) is 63.6 Å². The summed E-state index contributed by atoms with van der Waals surface area (Å²) in [5.74, 6) is 0.137. The monoisotopic (exact) mass is 274 g/mol. The Hall–Kier alpha value is -2.10. The summed E-state index contributed by atoms with van der Waals surface area (Å²) in [5, 5.41) is 9.35. The van der Waals surface area contributed by atoms with Gasteiger partial charge in [-0.25, -0.2) is 0 Å². The number of aromatic hydroxyl groups is 1. The molecule has 4 nitrogen and oxygen atoms in total. The lowest BCUT2D eigenvalue weighted by molar-refractivity contribution is -0.129. The Kier molecular flexibility index (Phi) is 4.23. The van der Waals surface area contributed by atoms with E-state index in [4.69, 9.17) is 4.74 Å². The minimum absolute atomic E-state index is 0.0306. The zero-order valence-corrected chi connectivity index (χ0v) is 11.6. The smallest absolute Gasteiger partial charge is 0.259 e. The number of benzene rings is 1. The van der Waals surface area contributed by atoms with Gasteiger partial charge in [0.05, 0.1) is 6.61 Å². The zero-order valence-electron chi connectivity index (χ0n) is 11.6. The van der Waals surface area contributed by atoms with Crippen molar-refractivity contribution in [1.29, 1.82) is 0 Å². The van der Waals surface area contributed by atoms with Gasteiger partial charge >= 0.3 is 0 Å². The van der Waals surface area contributed by atoms with Crippen molar-refractivity contribution in [3.8, 4) is 5.75 Å². The lowest BCUT2D eigenvalue weighted by Gasteiger charge is -2.15. The molecular formula is C16H18O4. The molecule has 106 valence electrons. The standard InChI is InChI=1S/C16H18O4/c1-10(2)7-13-14(9-20-16(13)15(19)8-17)11-3-5-12(18)6-4-11/h3-6,8,10,14,18H,7,9H2,1-2H3. The van der Waals surface area contributed by atoms with Crippen LogP contribution in [0.3, 0.4) is 0 Å². The first-order valence-electron chi connectivity index (χ1n) is 6.67. The second-order valence-electron chi connectivity index (χ2n) is 5.39. The summed E-state index contributed by atoms with van der Waals surface area (Å²) in [4.78, 5) is 22.4. The quantitative estimate of drug-likeness (QED) is 0.662. The van der Waals surface area contributed by atoms with Gasteiger partial charge in [0.15, 0.2) is 12.0 Å². The first-order chi connectivity index (χ1) is 9.52. The molecule has 1 aromatic carbocycles. The fraction of sp³-hybridized carbons (Fsp3) is 0.375. The van der Waals surface area contributed by atoms with Crippen LogP contribution >= 0.6 is 0 Å². The molecule has 1 aliphatic heterocycles. The maximum absolute atomic E-state index is 11.6. The molecule has 1 aromatic rings. The number of ether oxygens (including phenoxy) is 1. The molecule has 1 N–H and O–H groups in total. The molecule has 20 heavy (non-hydrogen) atoms. The van der Waals surface area contributed by atoms with Gasteiger partial charge in [-0.3, -0.25) is 9.59 Å². The van der Waals surface area contributed by atoms with Crippen LogP contribution in [0.5, 0.6) is 5.75 Å². The molecular weight excluding hydrogens is 256 g/mol. The minimum Gasteiger partial charge on any atom is -0.508 e. The number of carbonyl (C=O) groups excluding carboxylic acids is 2. The van der Waals surface area contributed by atoms with E-state index in [2.05, 4.69) is 13.8 Å². The number of aldehydes is 1. The summed E-state index contributed by atoms with van der Waals surface area (Å²) in [5.41, 5.74) is 1.86. The van der Waals surface area contributed by atoms with E-state index in [0.717, 1.165) is 11.1 Å². The maximum Gasteiger partial charge on any atom is 0.259 e. The Morgan fingerprint density at radius 3 is 2.60 bits per heavy atom. The van der Waals surface area contributed by atoms with Crippen molar-refractivity contribution in [3.63, 3.8) is 0 Å². The predicted octanol–water partition coefficient (Wildman–Crippen LogP) is 2.57. The highest BCUT2D eigenvalue weighted by Crippen LogP contribution is 2.38. The van der Waals surface area contributed by atoms with Crippen LogP contribution in [0, 0.1) is 5.92 Å². The summed E-state index contributed by atoms with van der Waals surface area (Å²) in [6, 6.07) is 6.86. The molecule has 1 heterocycles. The van der Waals surface area contributed by atoms with E-state index in [9.17, 15) is 14.7 Å². The van der Waals surface area contributed by atoms with Crippen molar-refractivity contribution >= 4 is 12.1 Å². The molecule has 4 heteroatoms. The molecule has 1 aliphatic rings. The summed E-state index contributed by atoms with van der Waals surface area (Å²) >= 11 is 0. The molecule has 0 radical (unpaired) electrons. The van der Waals surface area contributed by atoms with Crippen molar-refractivity contribution < 1.29 is 19.4 Å². The molecule has 0 spiro atoms. The first kappa shape index (κ1) is 14.3. The molecule has 2 rings (SSSR count). The van der Waals surface area contributed by atoms with Crippen molar-refractivity contribution in [1.82, 2.24) is 0 Å². The molecule has 0 aromatic heterocycles. The number of ketones is 1. The van der Waals surface area contributed by atoms with E-state index in [1.54, 1.807) is 12.1 Å².